The number of amides is 4. The summed E-state index contributed by atoms with van der Waals surface area (Å²) >= 11 is 12.5. The van der Waals surface area contributed by atoms with Gasteiger partial charge in [0.05, 0.1) is 39.4 Å². The van der Waals surface area contributed by atoms with E-state index < -0.39 is 92.8 Å². The summed E-state index contributed by atoms with van der Waals surface area (Å²) in [6.45, 7) is 0. The van der Waals surface area contributed by atoms with Crippen molar-refractivity contribution in [3.63, 3.8) is 0 Å². The zero-order valence-electron chi connectivity index (χ0n) is 27.2. The molecule has 4 amide bonds. The first-order valence-electron chi connectivity index (χ1n) is 16.5. The second-order valence-corrected chi connectivity index (χ2v) is 14.3. The van der Waals surface area contributed by atoms with Crippen LogP contribution in [0.5, 0.6) is 5.75 Å². The highest BCUT2D eigenvalue weighted by Crippen LogP contribution is 2.65. The van der Waals surface area contributed by atoms with Gasteiger partial charge in [0.25, 0.3) is 11.8 Å². The summed E-state index contributed by atoms with van der Waals surface area (Å²) in [5.41, 5.74) is 0.463. The number of carbonyl (C=O) groups is 4. The Morgan fingerprint density at radius 3 is 2.28 bits per heavy atom. The van der Waals surface area contributed by atoms with Crippen LogP contribution in [0.25, 0.3) is 0 Å². The molecule has 0 bridgehead atoms. The van der Waals surface area contributed by atoms with Crippen LogP contribution in [0.15, 0.2) is 96.7 Å². The highest BCUT2D eigenvalue weighted by Gasteiger charge is 2.70. The zero-order valence-corrected chi connectivity index (χ0v) is 28.7. The molecule has 3 fully saturated rings. The molecule has 4 aliphatic rings. The SMILES string of the molecule is O=C1[C@@H]2C[C@@H]3C(=CC[C@@H]4C(=O)N(c5ccccc5)C(=O)[C@@H]43)[C@H](c3cccc(F)c3O)[C@]2(c2ccc(Cl)cc2)C(=O)N1Nc1ncc(C(F)(F)F)cc1Cl. The van der Waals surface area contributed by atoms with Gasteiger partial charge in [-0.05, 0) is 60.7 Å². The summed E-state index contributed by atoms with van der Waals surface area (Å²) in [5, 5.41) is 11.7. The Labute approximate surface area is 308 Å². The number of phenolic OH excluding ortho intramolecular Hbond substituents is 1. The summed E-state index contributed by atoms with van der Waals surface area (Å²) in [6, 6.07) is 18.8. The number of nitrogens with one attached hydrogen (secondary N) is 1. The molecule has 0 spiro atoms. The monoisotopic (exact) mass is 764 g/mol. The Hall–Kier alpha value is -5.27. The molecule has 2 aliphatic carbocycles. The number of carbonyl (C=O) groups excluding carboxylic acids is 4. The van der Waals surface area contributed by atoms with E-state index in [1.807, 2.05) is 0 Å². The number of aromatic hydroxyl groups is 1. The van der Waals surface area contributed by atoms with Gasteiger partial charge in [0.15, 0.2) is 17.4 Å². The lowest BCUT2D eigenvalue weighted by Crippen LogP contribution is -2.53. The van der Waals surface area contributed by atoms with Gasteiger partial charge in [-0.25, -0.2) is 9.37 Å². The lowest BCUT2D eigenvalue weighted by Gasteiger charge is -2.50. The zero-order chi connectivity index (χ0) is 37.6. The number of phenols is 1. The van der Waals surface area contributed by atoms with Gasteiger partial charge < -0.3 is 5.11 Å². The molecule has 6 atom stereocenters. The van der Waals surface area contributed by atoms with E-state index in [0.29, 0.717) is 33.6 Å². The molecule has 15 heteroatoms. The molecule has 2 N–H and O–H groups in total. The molecule has 1 saturated carbocycles. The highest BCUT2D eigenvalue weighted by molar-refractivity contribution is 6.33. The summed E-state index contributed by atoms with van der Waals surface area (Å²) in [5.74, 6) is -10.1. The van der Waals surface area contributed by atoms with Gasteiger partial charge in [-0.2, -0.15) is 18.2 Å². The van der Waals surface area contributed by atoms with Crippen LogP contribution < -0.4 is 10.3 Å². The predicted molar refractivity (Wildman–Crippen MR) is 184 cm³/mol. The number of imide groups is 2. The standard InChI is InChI=1S/C38H26Cl2F4N4O5/c39-20-11-9-18(10-12-20)37-26(34(51)48(36(37)53)46-32-27(40)15-19(17-45-32)38(42,43)44)16-25-22(30(37)24-7-4-8-28(41)31(24)49)13-14-23-29(25)35(52)47(33(23)50)21-5-2-1-3-6-21/h1-13,15,17,23,25-26,29-30,49H,14,16H2,(H,45,46)/t23-,25+,26-,29-,30+,37+/m0/s1. The maximum absolute atomic E-state index is 15.3. The molecule has 8 rings (SSSR count). The van der Waals surface area contributed by atoms with E-state index in [1.165, 1.54) is 36.4 Å². The fourth-order valence-corrected chi connectivity index (χ4v) is 9.06. The van der Waals surface area contributed by atoms with Crippen LogP contribution >= 0.6 is 23.2 Å². The van der Waals surface area contributed by atoms with Gasteiger partial charge >= 0.3 is 6.18 Å². The number of pyridine rings is 1. The van der Waals surface area contributed by atoms with Crippen molar-refractivity contribution in [3.05, 3.63) is 129 Å². The first-order valence-corrected chi connectivity index (χ1v) is 17.2. The minimum atomic E-state index is -4.78. The number of aromatic nitrogens is 1. The number of rotatable bonds is 5. The van der Waals surface area contributed by atoms with Gasteiger partial charge in [0, 0.05) is 22.7 Å². The van der Waals surface area contributed by atoms with Gasteiger partial charge in [-0.3, -0.25) is 29.5 Å². The van der Waals surface area contributed by atoms with E-state index in [0.717, 1.165) is 11.0 Å². The second kappa shape index (κ2) is 12.4. The van der Waals surface area contributed by atoms with E-state index in [9.17, 15) is 32.7 Å². The van der Waals surface area contributed by atoms with Crippen molar-refractivity contribution in [2.75, 3.05) is 10.3 Å². The molecular formula is C38H26Cl2F4N4O5. The fourth-order valence-electron chi connectivity index (χ4n) is 8.72. The Balaban J connectivity index is 1.32. The van der Waals surface area contributed by atoms with Crippen LogP contribution in [0, 0.1) is 29.5 Å². The number of hydrazine groups is 1. The van der Waals surface area contributed by atoms with Crippen molar-refractivity contribution < 1.29 is 41.8 Å². The minimum Gasteiger partial charge on any atom is -0.505 e. The Bertz CT molecular complexity index is 2250. The maximum Gasteiger partial charge on any atom is 0.417 e. The average Bonchev–Trinajstić information content (AvgIpc) is 3.51. The number of fused-ring (bicyclic) bond motifs is 4. The molecule has 53 heavy (non-hydrogen) atoms. The van der Waals surface area contributed by atoms with E-state index in [1.54, 1.807) is 36.4 Å². The molecule has 4 aromatic rings. The van der Waals surface area contributed by atoms with Crippen LogP contribution in [-0.4, -0.2) is 38.7 Å². The number of halogens is 6. The lowest BCUT2D eigenvalue weighted by atomic mass is 9.49. The predicted octanol–water partition coefficient (Wildman–Crippen LogP) is 7.44. The third-order valence-electron chi connectivity index (χ3n) is 10.9. The van der Waals surface area contributed by atoms with Crippen molar-refractivity contribution in [1.82, 2.24) is 9.99 Å². The number of allylic oxidation sites excluding steroid dienone is 2. The molecule has 2 aliphatic heterocycles. The Morgan fingerprint density at radius 1 is 0.887 bits per heavy atom. The number of benzene rings is 3. The van der Waals surface area contributed by atoms with Crippen LogP contribution in [0.3, 0.4) is 0 Å². The molecule has 3 heterocycles. The summed E-state index contributed by atoms with van der Waals surface area (Å²) in [4.78, 5) is 62.9. The van der Waals surface area contributed by atoms with Crippen molar-refractivity contribution in [2.45, 2.75) is 30.4 Å². The van der Waals surface area contributed by atoms with Crippen molar-refractivity contribution in [2.24, 2.45) is 23.7 Å². The van der Waals surface area contributed by atoms with E-state index in [4.69, 9.17) is 23.2 Å². The molecule has 270 valence electrons. The average molecular weight is 766 g/mol. The quantitative estimate of drug-likeness (QED) is 0.123. The van der Waals surface area contributed by atoms with Gasteiger partial charge in [0.2, 0.25) is 11.8 Å². The summed E-state index contributed by atoms with van der Waals surface area (Å²) in [7, 11) is 0. The summed E-state index contributed by atoms with van der Waals surface area (Å²) < 4.78 is 55.6. The molecule has 0 unspecified atom stereocenters. The number of anilines is 2. The Kier molecular flexibility index (Phi) is 8.15. The second-order valence-electron chi connectivity index (χ2n) is 13.4. The van der Waals surface area contributed by atoms with Crippen molar-refractivity contribution in [3.8, 4) is 5.75 Å². The van der Waals surface area contributed by atoms with Gasteiger partial charge in [-0.1, -0.05) is 77.3 Å². The third-order valence-corrected chi connectivity index (χ3v) is 11.4. The smallest absolute Gasteiger partial charge is 0.417 e. The Morgan fingerprint density at radius 2 is 1.60 bits per heavy atom. The normalized spacial score (nSPS) is 26.7. The van der Waals surface area contributed by atoms with E-state index >= 15 is 9.18 Å². The van der Waals surface area contributed by atoms with Crippen LogP contribution in [-0.2, 0) is 30.8 Å². The molecular weight excluding hydrogens is 739 g/mol. The number of hydrogen-bond donors (Lipinski definition) is 2. The first-order chi connectivity index (χ1) is 25.2. The topological polar surface area (TPSA) is 120 Å². The highest BCUT2D eigenvalue weighted by atomic mass is 35.5. The number of hydrogen-bond acceptors (Lipinski definition) is 7. The van der Waals surface area contributed by atoms with E-state index in [-0.39, 0.29) is 24.0 Å². The number of para-hydroxylation sites is 2. The molecule has 1 aromatic heterocycles. The molecule has 9 nitrogen and oxygen atoms in total. The molecule has 0 radical (unpaired) electrons. The van der Waals surface area contributed by atoms with Crippen LogP contribution in [0.4, 0.5) is 29.1 Å². The van der Waals surface area contributed by atoms with E-state index in [2.05, 4.69) is 10.4 Å². The first kappa shape index (κ1) is 34.8. The third kappa shape index (κ3) is 5.15. The van der Waals surface area contributed by atoms with Gasteiger partial charge in [-0.15, -0.1) is 0 Å². The number of nitrogens with zero attached hydrogens (tertiary/aromatic N) is 3. The van der Waals surface area contributed by atoms with Crippen molar-refractivity contribution in [1.29, 1.82) is 0 Å². The largest absolute Gasteiger partial charge is 0.505 e. The van der Waals surface area contributed by atoms with Crippen LogP contribution in [0.2, 0.25) is 10.0 Å². The molecule has 2 saturated heterocycles. The maximum atomic E-state index is 15.3. The lowest BCUT2D eigenvalue weighted by molar-refractivity contribution is -0.139. The minimum absolute atomic E-state index is 0.0512. The van der Waals surface area contributed by atoms with Crippen LogP contribution in [0.1, 0.15) is 35.4 Å². The number of alkyl halides is 3. The fraction of sp³-hybridized carbons (Fsp3) is 0.237. The summed E-state index contributed by atoms with van der Waals surface area (Å²) in [6.07, 6.45) is -2.61. The molecule has 3 aromatic carbocycles. The van der Waals surface area contributed by atoms with Crippen molar-refractivity contribution >= 4 is 58.3 Å². The van der Waals surface area contributed by atoms with Gasteiger partial charge in [0.1, 0.15) is 0 Å².